The predicted octanol–water partition coefficient (Wildman–Crippen LogP) is 1.09. The lowest BCUT2D eigenvalue weighted by Crippen LogP contribution is -2.13. The van der Waals surface area contributed by atoms with Crippen LogP contribution in [0, 0.1) is 0 Å². The Kier molecular flexibility index (Phi) is 7.29. The summed E-state index contributed by atoms with van der Waals surface area (Å²) in [6.07, 6.45) is 1.70. The van der Waals surface area contributed by atoms with E-state index in [2.05, 4.69) is 0 Å². The van der Waals surface area contributed by atoms with Gasteiger partial charge in [-0.1, -0.05) is 0 Å². The molecule has 0 aromatic rings. The summed E-state index contributed by atoms with van der Waals surface area (Å²) in [6.45, 7) is 0.357. The SMILES string of the molecule is CSCCOC(=O)CC(=O)CCl. The fraction of sp³-hybridized carbons (Fsp3) is 0.714. The molecule has 3 nitrogen and oxygen atoms in total. The summed E-state index contributed by atoms with van der Waals surface area (Å²) in [5.74, 6) is -0.168. The third-order valence-corrected chi connectivity index (χ3v) is 1.91. The van der Waals surface area contributed by atoms with Gasteiger partial charge in [0.25, 0.3) is 0 Å². The lowest BCUT2D eigenvalue weighted by Gasteiger charge is -2.01. The lowest BCUT2D eigenvalue weighted by atomic mass is 10.3. The first-order valence-electron chi connectivity index (χ1n) is 3.43. The molecule has 0 bridgehead atoms. The Hall–Kier alpha value is -0.220. The number of ether oxygens (including phenoxy) is 1. The maximum absolute atomic E-state index is 10.8. The standard InChI is InChI=1S/C7H11ClO3S/c1-12-3-2-11-7(10)4-6(9)5-8/h2-5H2,1H3. The highest BCUT2D eigenvalue weighted by Gasteiger charge is 2.08. The highest BCUT2D eigenvalue weighted by molar-refractivity contribution is 7.98. The van der Waals surface area contributed by atoms with Crippen molar-refractivity contribution in [1.29, 1.82) is 0 Å². The van der Waals surface area contributed by atoms with E-state index in [1.807, 2.05) is 6.26 Å². The number of hydrogen-bond acceptors (Lipinski definition) is 4. The van der Waals surface area contributed by atoms with Crippen LogP contribution in [0.5, 0.6) is 0 Å². The normalized spacial score (nSPS) is 9.50. The monoisotopic (exact) mass is 210 g/mol. The van der Waals surface area contributed by atoms with Crippen LogP contribution in [0.2, 0.25) is 0 Å². The molecule has 0 aromatic carbocycles. The molecule has 0 rings (SSSR count). The van der Waals surface area contributed by atoms with Gasteiger partial charge in [-0.15, -0.1) is 11.6 Å². The molecule has 0 unspecified atom stereocenters. The summed E-state index contributed by atoms with van der Waals surface area (Å²) >= 11 is 6.78. The van der Waals surface area contributed by atoms with Crippen LogP contribution in [-0.4, -0.2) is 36.2 Å². The number of thioether (sulfide) groups is 1. The topological polar surface area (TPSA) is 43.4 Å². The molecule has 0 fully saturated rings. The van der Waals surface area contributed by atoms with Gasteiger partial charge in [0.1, 0.15) is 13.0 Å². The molecule has 0 saturated heterocycles. The van der Waals surface area contributed by atoms with Crippen LogP contribution in [0.25, 0.3) is 0 Å². The second kappa shape index (κ2) is 7.43. The van der Waals surface area contributed by atoms with Crippen molar-refractivity contribution in [2.24, 2.45) is 0 Å². The maximum Gasteiger partial charge on any atom is 0.313 e. The van der Waals surface area contributed by atoms with Gasteiger partial charge in [0.05, 0.1) is 5.88 Å². The summed E-state index contributed by atoms with van der Waals surface area (Å²) in [4.78, 5) is 21.4. The molecule has 0 aliphatic carbocycles. The smallest absolute Gasteiger partial charge is 0.313 e. The van der Waals surface area contributed by atoms with Crippen LogP contribution in [-0.2, 0) is 14.3 Å². The van der Waals surface area contributed by atoms with Crippen molar-refractivity contribution in [3.05, 3.63) is 0 Å². The molecule has 0 heterocycles. The van der Waals surface area contributed by atoms with E-state index in [-0.39, 0.29) is 18.1 Å². The summed E-state index contributed by atoms with van der Waals surface area (Å²) in [5, 5.41) is 0. The van der Waals surface area contributed by atoms with E-state index < -0.39 is 5.97 Å². The molecule has 0 aromatic heterocycles. The molecule has 70 valence electrons. The molecular formula is C7H11ClO3S. The van der Waals surface area contributed by atoms with Gasteiger partial charge in [0.15, 0.2) is 5.78 Å². The molecule has 0 atom stereocenters. The fourth-order valence-electron chi connectivity index (χ4n) is 0.498. The Labute approximate surface area is 80.8 Å². The Morgan fingerprint density at radius 2 is 2.17 bits per heavy atom. The molecule has 0 amide bonds. The molecule has 5 heteroatoms. The van der Waals surface area contributed by atoms with Crippen LogP contribution < -0.4 is 0 Å². The van der Waals surface area contributed by atoms with Crippen LogP contribution in [0.3, 0.4) is 0 Å². The number of alkyl halides is 1. The number of carbonyl (C=O) groups excluding carboxylic acids is 2. The number of hydrogen-bond donors (Lipinski definition) is 0. The van der Waals surface area contributed by atoms with Crippen LogP contribution in [0.15, 0.2) is 0 Å². The van der Waals surface area contributed by atoms with Gasteiger partial charge < -0.3 is 4.74 Å². The first kappa shape index (κ1) is 11.8. The molecular weight excluding hydrogens is 200 g/mol. The second-order valence-electron chi connectivity index (χ2n) is 2.06. The summed E-state index contributed by atoms with van der Waals surface area (Å²) < 4.78 is 4.72. The van der Waals surface area contributed by atoms with E-state index >= 15 is 0 Å². The first-order chi connectivity index (χ1) is 5.70. The quantitative estimate of drug-likeness (QED) is 0.285. The van der Waals surface area contributed by atoms with Gasteiger partial charge in [0.2, 0.25) is 0 Å². The van der Waals surface area contributed by atoms with Crippen molar-refractivity contribution in [3.8, 4) is 0 Å². The average molecular weight is 211 g/mol. The zero-order valence-corrected chi connectivity index (χ0v) is 8.41. The maximum atomic E-state index is 10.8. The van der Waals surface area contributed by atoms with Crippen LogP contribution in [0.1, 0.15) is 6.42 Å². The first-order valence-corrected chi connectivity index (χ1v) is 5.35. The van der Waals surface area contributed by atoms with Crippen molar-refractivity contribution in [2.45, 2.75) is 6.42 Å². The Bertz CT molecular complexity index is 161. The predicted molar refractivity (Wildman–Crippen MR) is 49.7 cm³/mol. The molecule has 0 aliphatic rings. The van der Waals surface area contributed by atoms with Gasteiger partial charge in [-0.05, 0) is 6.26 Å². The zero-order valence-electron chi connectivity index (χ0n) is 6.84. The van der Waals surface area contributed by atoms with Crippen LogP contribution in [0.4, 0.5) is 0 Å². The summed E-state index contributed by atoms with van der Waals surface area (Å²) in [5.41, 5.74) is 0. The van der Waals surface area contributed by atoms with E-state index in [1.165, 1.54) is 0 Å². The van der Waals surface area contributed by atoms with Gasteiger partial charge in [-0.3, -0.25) is 9.59 Å². The van der Waals surface area contributed by atoms with E-state index in [1.54, 1.807) is 11.8 Å². The number of rotatable bonds is 6. The molecule has 12 heavy (non-hydrogen) atoms. The minimum atomic E-state index is -0.491. The Balaban J connectivity index is 3.40. The van der Waals surface area contributed by atoms with Gasteiger partial charge >= 0.3 is 5.97 Å². The van der Waals surface area contributed by atoms with E-state index in [0.717, 1.165) is 5.75 Å². The molecule has 0 spiro atoms. The van der Waals surface area contributed by atoms with E-state index in [4.69, 9.17) is 16.3 Å². The summed E-state index contributed by atoms with van der Waals surface area (Å²) in [6, 6.07) is 0. The zero-order chi connectivity index (χ0) is 9.40. The molecule has 0 saturated carbocycles. The lowest BCUT2D eigenvalue weighted by molar-refractivity contribution is -0.145. The molecule has 0 N–H and O–H groups in total. The van der Waals surface area contributed by atoms with Crippen molar-refractivity contribution in [3.63, 3.8) is 0 Å². The minimum absolute atomic E-state index is 0.127. The number of halogens is 1. The van der Waals surface area contributed by atoms with Crippen molar-refractivity contribution >= 4 is 35.1 Å². The van der Waals surface area contributed by atoms with Crippen molar-refractivity contribution < 1.29 is 14.3 Å². The highest BCUT2D eigenvalue weighted by Crippen LogP contribution is 1.94. The molecule has 0 aliphatic heterocycles. The second-order valence-corrected chi connectivity index (χ2v) is 3.32. The number of ketones is 1. The third kappa shape index (κ3) is 6.49. The van der Waals surface area contributed by atoms with Crippen molar-refractivity contribution in [2.75, 3.05) is 24.5 Å². The fourth-order valence-corrected chi connectivity index (χ4v) is 0.843. The largest absolute Gasteiger partial charge is 0.464 e. The van der Waals surface area contributed by atoms with E-state index in [9.17, 15) is 9.59 Å². The van der Waals surface area contributed by atoms with Gasteiger partial charge in [-0.25, -0.2) is 0 Å². The van der Waals surface area contributed by atoms with Crippen molar-refractivity contribution in [1.82, 2.24) is 0 Å². The van der Waals surface area contributed by atoms with Crippen LogP contribution >= 0.6 is 23.4 Å². The number of esters is 1. The average Bonchev–Trinajstić information content (AvgIpc) is 2.05. The number of carbonyl (C=O) groups is 2. The summed E-state index contributed by atoms with van der Waals surface area (Å²) in [7, 11) is 0. The Morgan fingerprint density at radius 3 is 2.67 bits per heavy atom. The van der Waals surface area contributed by atoms with E-state index in [0.29, 0.717) is 6.61 Å². The van der Waals surface area contributed by atoms with Gasteiger partial charge in [0, 0.05) is 5.75 Å². The minimum Gasteiger partial charge on any atom is -0.464 e. The number of Topliss-reactive ketones (excluding diaryl/α,β-unsaturated/α-hetero) is 1. The Morgan fingerprint density at radius 1 is 1.50 bits per heavy atom. The van der Waals surface area contributed by atoms with Gasteiger partial charge in [-0.2, -0.15) is 11.8 Å². The third-order valence-electron chi connectivity index (χ3n) is 1.04. The molecule has 0 radical (unpaired) electrons. The highest BCUT2D eigenvalue weighted by atomic mass is 35.5.